The maximum absolute atomic E-state index is 12.6. The normalized spacial score (nSPS) is 17.6. The molecule has 1 atom stereocenters. The molecule has 5 nitrogen and oxygen atoms in total. The molecule has 1 unspecified atom stereocenters. The van der Waals surface area contributed by atoms with Crippen LogP contribution in [-0.2, 0) is 6.54 Å². The van der Waals surface area contributed by atoms with Gasteiger partial charge in [0.15, 0.2) is 11.5 Å². The summed E-state index contributed by atoms with van der Waals surface area (Å²) in [6.07, 6.45) is 3.56. The minimum atomic E-state index is -2.88. The van der Waals surface area contributed by atoms with Gasteiger partial charge in [0.1, 0.15) is 0 Å². The zero-order valence-corrected chi connectivity index (χ0v) is 15.2. The number of benzene rings is 1. The second-order valence-electron chi connectivity index (χ2n) is 5.83. The number of rotatable bonds is 6. The van der Waals surface area contributed by atoms with E-state index in [-0.39, 0.29) is 24.2 Å². The van der Waals surface area contributed by atoms with E-state index in [9.17, 15) is 8.78 Å². The Morgan fingerprint density at radius 2 is 2.00 bits per heavy atom. The zero-order chi connectivity index (χ0) is 17.6. The largest absolute Gasteiger partial charge is 0.493 e. The standard InChI is InChI=1S/C18H21F2N3O2.ClH/c1-24-16-3-2-13(10-17(16)25-18(19)20)12-23-9-8-22-11-15(23)14-4-6-21-7-5-14;/h2-7,10,15,18,22H,8-9,11-12H2,1H3;1H. The van der Waals surface area contributed by atoms with Gasteiger partial charge in [0.25, 0.3) is 0 Å². The maximum Gasteiger partial charge on any atom is 0.387 e. The molecular weight excluding hydrogens is 364 g/mol. The van der Waals surface area contributed by atoms with Gasteiger partial charge in [-0.2, -0.15) is 8.78 Å². The topological polar surface area (TPSA) is 46.6 Å². The molecule has 3 rings (SSSR count). The van der Waals surface area contributed by atoms with Crippen LogP contribution in [0, 0.1) is 0 Å². The van der Waals surface area contributed by atoms with Crippen LogP contribution in [0.1, 0.15) is 17.2 Å². The summed E-state index contributed by atoms with van der Waals surface area (Å²) in [6.45, 7) is 0.342. The number of nitrogens with zero attached hydrogens (tertiary/aromatic N) is 2. The van der Waals surface area contributed by atoms with Gasteiger partial charge < -0.3 is 14.8 Å². The first kappa shape index (κ1) is 20.4. The third kappa shape index (κ3) is 5.03. The van der Waals surface area contributed by atoms with Crippen molar-refractivity contribution in [3.8, 4) is 11.5 Å². The molecule has 1 fully saturated rings. The Morgan fingerprint density at radius 3 is 2.69 bits per heavy atom. The highest BCUT2D eigenvalue weighted by Crippen LogP contribution is 2.31. The molecule has 1 aliphatic heterocycles. The summed E-state index contributed by atoms with van der Waals surface area (Å²) in [6, 6.07) is 9.38. The molecule has 1 aromatic carbocycles. The minimum Gasteiger partial charge on any atom is -0.493 e. The number of nitrogens with one attached hydrogen (secondary N) is 1. The fraction of sp³-hybridized carbons (Fsp3) is 0.389. The van der Waals surface area contributed by atoms with Gasteiger partial charge in [-0.3, -0.25) is 9.88 Å². The smallest absolute Gasteiger partial charge is 0.387 e. The zero-order valence-electron chi connectivity index (χ0n) is 14.4. The van der Waals surface area contributed by atoms with Gasteiger partial charge in [-0.15, -0.1) is 12.4 Å². The Morgan fingerprint density at radius 1 is 1.23 bits per heavy atom. The number of piperazine rings is 1. The highest BCUT2D eigenvalue weighted by molar-refractivity contribution is 5.85. The second kappa shape index (κ2) is 9.66. The Balaban J connectivity index is 0.00000243. The number of alkyl halides is 2. The molecule has 1 saturated heterocycles. The van der Waals surface area contributed by atoms with Gasteiger partial charge in [0.05, 0.1) is 7.11 Å². The Kier molecular flexibility index (Phi) is 7.56. The molecule has 0 aliphatic carbocycles. The summed E-state index contributed by atoms with van der Waals surface area (Å²) in [4.78, 5) is 6.39. The monoisotopic (exact) mass is 385 g/mol. The average molecular weight is 386 g/mol. The molecule has 0 saturated carbocycles. The number of pyridine rings is 1. The molecule has 0 bridgehead atoms. The first-order chi connectivity index (χ1) is 12.2. The summed E-state index contributed by atoms with van der Waals surface area (Å²) in [5.74, 6) is 0.362. The SMILES string of the molecule is COc1ccc(CN2CCNCC2c2ccncc2)cc1OC(F)F.Cl. The molecule has 2 heterocycles. The number of hydrogen-bond donors (Lipinski definition) is 1. The summed E-state index contributed by atoms with van der Waals surface area (Å²) >= 11 is 0. The quantitative estimate of drug-likeness (QED) is 0.827. The van der Waals surface area contributed by atoms with E-state index < -0.39 is 6.61 Å². The molecule has 0 amide bonds. The number of halogens is 3. The van der Waals surface area contributed by atoms with Crippen LogP contribution in [0.2, 0.25) is 0 Å². The molecule has 0 radical (unpaired) electrons. The third-order valence-corrected chi connectivity index (χ3v) is 4.27. The highest BCUT2D eigenvalue weighted by atomic mass is 35.5. The van der Waals surface area contributed by atoms with Crippen LogP contribution in [0.25, 0.3) is 0 Å². The predicted octanol–water partition coefficient (Wildman–Crippen LogP) is 3.26. The van der Waals surface area contributed by atoms with Crippen molar-refractivity contribution in [3.05, 3.63) is 53.9 Å². The highest BCUT2D eigenvalue weighted by Gasteiger charge is 2.24. The van der Waals surface area contributed by atoms with Gasteiger partial charge in [0.2, 0.25) is 0 Å². The van der Waals surface area contributed by atoms with Gasteiger partial charge in [-0.25, -0.2) is 0 Å². The molecule has 142 valence electrons. The van der Waals surface area contributed by atoms with Crippen LogP contribution >= 0.6 is 12.4 Å². The third-order valence-electron chi connectivity index (χ3n) is 4.27. The van der Waals surface area contributed by atoms with Crippen LogP contribution in [0.15, 0.2) is 42.7 Å². The van der Waals surface area contributed by atoms with Crippen molar-refractivity contribution in [3.63, 3.8) is 0 Å². The van der Waals surface area contributed by atoms with Gasteiger partial charge in [-0.1, -0.05) is 6.07 Å². The summed E-state index contributed by atoms with van der Waals surface area (Å²) in [5.41, 5.74) is 2.08. The fourth-order valence-corrected chi connectivity index (χ4v) is 3.09. The number of aromatic nitrogens is 1. The van der Waals surface area contributed by atoms with Crippen LogP contribution < -0.4 is 14.8 Å². The van der Waals surface area contributed by atoms with E-state index in [1.807, 2.05) is 18.2 Å². The van der Waals surface area contributed by atoms with Gasteiger partial charge >= 0.3 is 6.61 Å². The Labute approximate surface area is 157 Å². The fourth-order valence-electron chi connectivity index (χ4n) is 3.09. The van der Waals surface area contributed by atoms with E-state index in [2.05, 4.69) is 19.9 Å². The maximum atomic E-state index is 12.6. The minimum absolute atomic E-state index is 0. The lowest BCUT2D eigenvalue weighted by molar-refractivity contribution is -0.0512. The van der Waals surface area contributed by atoms with Crippen molar-refractivity contribution in [2.45, 2.75) is 19.2 Å². The number of methoxy groups -OCH3 is 1. The molecule has 2 aromatic rings. The van der Waals surface area contributed by atoms with Crippen LogP contribution in [-0.4, -0.2) is 43.2 Å². The van der Waals surface area contributed by atoms with Crippen molar-refractivity contribution < 1.29 is 18.3 Å². The van der Waals surface area contributed by atoms with Crippen LogP contribution in [0.3, 0.4) is 0 Å². The molecule has 26 heavy (non-hydrogen) atoms. The average Bonchev–Trinajstić information content (AvgIpc) is 2.63. The number of ether oxygens (including phenoxy) is 2. The molecule has 0 spiro atoms. The van der Waals surface area contributed by atoms with Gasteiger partial charge in [0, 0.05) is 44.6 Å². The molecule has 1 N–H and O–H groups in total. The van der Waals surface area contributed by atoms with E-state index in [1.54, 1.807) is 24.5 Å². The lowest BCUT2D eigenvalue weighted by Gasteiger charge is -2.36. The first-order valence-corrected chi connectivity index (χ1v) is 8.14. The van der Waals surface area contributed by atoms with Crippen molar-refractivity contribution >= 4 is 12.4 Å². The Hall–Kier alpha value is -1.96. The van der Waals surface area contributed by atoms with Crippen molar-refractivity contribution in [2.24, 2.45) is 0 Å². The van der Waals surface area contributed by atoms with E-state index >= 15 is 0 Å². The lowest BCUT2D eigenvalue weighted by atomic mass is 10.0. The van der Waals surface area contributed by atoms with Crippen LogP contribution in [0.4, 0.5) is 8.78 Å². The van der Waals surface area contributed by atoms with Crippen molar-refractivity contribution in [2.75, 3.05) is 26.7 Å². The molecule has 1 aromatic heterocycles. The molecular formula is C18H22ClF2N3O2. The van der Waals surface area contributed by atoms with E-state index in [0.717, 1.165) is 25.2 Å². The first-order valence-electron chi connectivity index (χ1n) is 8.14. The van der Waals surface area contributed by atoms with Crippen molar-refractivity contribution in [1.29, 1.82) is 0 Å². The summed E-state index contributed by atoms with van der Waals surface area (Å²) in [5, 5.41) is 3.40. The second-order valence-corrected chi connectivity index (χ2v) is 5.83. The van der Waals surface area contributed by atoms with E-state index in [1.165, 1.54) is 12.7 Å². The summed E-state index contributed by atoms with van der Waals surface area (Å²) in [7, 11) is 1.43. The Bertz CT molecular complexity index is 691. The predicted molar refractivity (Wildman–Crippen MR) is 97.1 cm³/mol. The van der Waals surface area contributed by atoms with Gasteiger partial charge in [-0.05, 0) is 35.4 Å². The summed E-state index contributed by atoms with van der Waals surface area (Å²) < 4.78 is 34.9. The lowest BCUT2D eigenvalue weighted by Crippen LogP contribution is -2.45. The van der Waals surface area contributed by atoms with Crippen molar-refractivity contribution in [1.82, 2.24) is 15.2 Å². The molecule has 1 aliphatic rings. The van der Waals surface area contributed by atoms with E-state index in [4.69, 9.17) is 4.74 Å². The number of hydrogen-bond acceptors (Lipinski definition) is 5. The molecule has 8 heteroatoms. The van der Waals surface area contributed by atoms with Crippen LogP contribution in [0.5, 0.6) is 11.5 Å². The van der Waals surface area contributed by atoms with E-state index in [0.29, 0.717) is 12.3 Å².